The number of fused-ring (bicyclic) bond motifs is 2. The lowest BCUT2D eigenvalue weighted by molar-refractivity contribution is 0.0486. The van der Waals surface area contributed by atoms with Crippen LogP contribution in [0.3, 0.4) is 0 Å². The van der Waals surface area contributed by atoms with Gasteiger partial charge in [0.15, 0.2) is 0 Å². The van der Waals surface area contributed by atoms with Crippen LogP contribution in [0.2, 0.25) is 0 Å². The third-order valence-corrected chi connectivity index (χ3v) is 5.07. The summed E-state index contributed by atoms with van der Waals surface area (Å²) in [6.45, 7) is 7.61. The van der Waals surface area contributed by atoms with E-state index in [1.165, 1.54) is 12.8 Å². The van der Waals surface area contributed by atoms with Crippen LogP contribution < -0.4 is 0 Å². The minimum atomic E-state index is 0.430. The molecule has 0 aromatic carbocycles. The van der Waals surface area contributed by atoms with Gasteiger partial charge in [0.1, 0.15) is 6.10 Å². The molecule has 0 radical (unpaired) electrons. The third kappa shape index (κ3) is 1.83. The van der Waals surface area contributed by atoms with E-state index in [-0.39, 0.29) is 0 Å². The van der Waals surface area contributed by atoms with Crippen LogP contribution in [0.4, 0.5) is 0 Å². The Kier molecular flexibility index (Phi) is 2.52. The van der Waals surface area contributed by atoms with Gasteiger partial charge in [0.05, 0.1) is 13.2 Å². The molecule has 3 fully saturated rings. The van der Waals surface area contributed by atoms with Crippen LogP contribution in [-0.4, -0.2) is 25.9 Å². The molecule has 0 N–H and O–H groups in total. The molecule has 2 bridgehead atoms. The molecule has 2 nitrogen and oxygen atoms in total. The molecular formula is C13H22O2. The smallest absolute Gasteiger partial charge is 0.104 e. The number of hydrogen-bond acceptors (Lipinski definition) is 2. The number of hydrogen-bond donors (Lipinski definition) is 0. The van der Waals surface area contributed by atoms with Gasteiger partial charge >= 0.3 is 0 Å². The molecule has 6 unspecified atom stereocenters. The maximum Gasteiger partial charge on any atom is 0.104 e. The molecule has 3 aliphatic rings. The Labute approximate surface area is 92.3 Å². The standard InChI is InChI=1S/C13H22O2/c1-8-9(2)13-4-10(8)3-11(13)5-14-6-12-7-15-12/h8-13H,3-7H2,1-2H3. The molecule has 3 rings (SSSR count). The van der Waals surface area contributed by atoms with Gasteiger partial charge in [-0.25, -0.2) is 0 Å². The fourth-order valence-electron chi connectivity index (χ4n) is 3.80. The Morgan fingerprint density at radius 3 is 2.53 bits per heavy atom. The van der Waals surface area contributed by atoms with Crippen molar-refractivity contribution in [1.82, 2.24) is 0 Å². The molecule has 0 spiro atoms. The molecule has 6 atom stereocenters. The lowest BCUT2D eigenvalue weighted by Gasteiger charge is -2.31. The summed E-state index contributed by atoms with van der Waals surface area (Å²) >= 11 is 0. The fraction of sp³-hybridized carbons (Fsp3) is 1.00. The van der Waals surface area contributed by atoms with Crippen LogP contribution in [-0.2, 0) is 9.47 Å². The highest BCUT2D eigenvalue weighted by Crippen LogP contribution is 2.54. The molecule has 2 aliphatic carbocycles. The van der Waals surface area contributed by atoms with Crippen molar-refractivity contribution in [2.75, 3.05) is 19.8 Å². The second-order valence-electron chi connectivity index (χ2n) is 5.87. The van der Waals surface area contributed by atoms with Crippen molar-refractivity contribution in [2.45, 2.75) is 32.8 Å². The molecule has 2 saturated carbocycles. The minimum Gasteiger partial charge on any atom is -0.378 e. The van der Waals surface area contributed by atoms with Gasteiger partial charge in [0.2, 0.25) is 0 Å². The van der Waals surface area contributed by atoms with Crippen LogP contribution in [0, 0.1) is 29.6 Å². The summed E-state index contributed by atoms with van der Waals surface area (Å²) in [5.41, 5.74) is 0. The summed E-state index contributed by atoms with van der Waals surface area (Å²) in [4.78, 5) is 0. The summed E-state index contributed by atoms with van der Waals surface area (Å²) in [5.74, 6) is 4.67. The maximum absolute atomic E-state index is 5.75. The van der Waals surface area contributed by atoms with Crippen molar-refractivity contribution in [2.24, 2.45) is 29.6 Å². The van der Waals surface area contributed by atoms with E-state index < -0.39 is 0 Å². The van der Waals surface area contributed by atoms with Crippen LogP contribution in [0.1, 0.15) is 26.7 Å². The van der Waals surface area contributed by atoms with E-state index in [4.69, 9.17) is 9.47 Å². The topological polar surface area (TPSA) is 21.8 Å². The molecule has 86 valence electrons. The first-order valence-corrected chi connectivity index (χ1v) is 6.45. The van der Waals surface area contributed by atoms with E-state index in [0.717, 1.165) is 49.4 Å². The highest BCUT2D eigenvalue weighted by Gasteiger charge is 2.48. The first-order chi connectivity index (χ1) is 7.25. The Morgan fingerprint density at radius 1 is 1.13 bits per heavy atom. The van der Waals surface area contributed by atoms with E-state index >= 15 is 0 Å². The Balaban J connectivity index is 1.47. The van der Waals surface area contributed by atoms with Crippen molar-refractivity contribution in [3.8, 4) is 0 Å². The molecule has 0 aromatic heterocycles. The van der Waals surface area contributed by atoms with Crippen molar-refractivity contribution in [3.63, 3.8) is 0 Å². The number of rotatable bonds is 4. The average molecular weight is 210 g/mol. The van der Waals surface area contributed by atoms with Crippen LogP contribution in [0.5, 0.6) is 0 Å². The Bertz CT molecular complexity index is 235. The zero-order valence-corrected chi connectivity index (χ0v) is 9.82. The first kappa shape index (κ1) is 10.1. The molecule has 1 saturated heterocycles. The van der Waals surface area contributed by atoms with Crippen molar-refractivity contribution in [1.29, 1.82) is 0 Å². The van der Waals surface area contributed by atoms with E-state index in [1.807, 2.05) is 0 Å². The van der Waals surface area contributed by atoms with E-state index in [9.17, 15) is 0 Å². The molecule has 1 heterocycles. The van der Waals surface area contributed by atoms with Crippen LogP contribution >= 0.6 is 0 Å². The Hall–Kier alpha value is -0.0800. The molecule has 0 amide bonds. The monoisotopic (exact) mass is 210 g/mol. The minimum absolute atomic E-state index is 0.430. The molecule has 1 aliphatic heterocycles. The summed E-state index contributed by atoms with van der Waals surface area (Å²) in [6, 6.07) is 0. The zero-order valence-electron chi connectivity index (χ0n) is 9.82. The molecule has 2 heteroatoms. The predicted molar refractivity (Wildman–Crippen MR) is 58.6 cm³/mol. The van der Waals surface area contributed by atoms with Gasteiger partial charge in [-0.1, -0.05) is 13.8 Å². The third-order valence-electron chi connectivity index (χ3n) is 5.07. The second kappa shape index (κ2) is 3.74. The number of ether oxygens (including phenoxy) is 2. The Morgan fingerprint density at radius 2 is 1.93 bits per heavy atom. The molecule has 15 heavy (non-hydrogen) atoms. The lowest BCUT2D eigenvalue weighted by Crippen LogP contribution is -2.27. The largest absolute Gasteiger partial charge is 0.378 e. The summed E-state index contributed by atoms with van der Waals surface area (Å²) < 4.78 is 10.9. The number of epoxide rings is 1. The van der Waals surface area contributed by atoms with Gasteiger partial charge in [-0.2, -0.15) is 0 Å². The van der Waals surface area contributed by atoms with Gasteiger partial charge < -0.3 is 9.47 Å². The SMILES string of the molecule is CC1C2CC(COCC3CO3)C(C2)C1C. The average Bonchev–Trinajstić information content (AvgIpc) is 2.88. The van der Waals surface area contributed by atoms with Crippen molar-refractivity contribution in [3.05, 3.63) is 0 Å². The van der Waals surface area contributed by atoms with E-state index in [2.05, 4.69) is 13.8 Å². The fourth-order valence-corrected chi connectivity index (χ4v) is 3.80. The predicted octanol–water partition coefficient (Wildman–Crippen LogP) is 2.33. The van der Waals surface area contributed by atoms with E-state index in [0.29, 0.717) is 6.10 Å². The van der Waals surface area contributed by atoms with E-state index in [1.54, 1.807) is 0 Å². The first-order valence-electron chi connectivity index (χ1n) is 6.45. The highest BCUT2D eigenvalue weighted by molar-refractivity contribution is 4.97. The van der Waals surface area contributed by atoms with Crippen molar-refractivity contribution >= 4 is 0 Å². The zero-order chi connectivity index (χ0) is 10.4. The van der Waals surface area contributed by atoms with Gasteiger partial charge in [0, 0.05) is 6.61 Å². The van der Waals surface area contributed by atoms with Gasteiger partial charge in [-0.3, -0.25) is 0 Å². The van der Waals surface area contributed by atoms with Gasteiger partial charge in [-0.05, 0) is 42.4 Å². The van der Waals surface area contributed by atoms with Crippen LogP contribution in [0.25, 0.3) is 0 Å². The lowest BCUT2D eigenvalue weighted by atomic mass is 9.76. The normalized spacial score (nSPS) is 52.4. The summed E-state index contributed by atoms with van der Waals surface area (Å²) in [6.07, 6.45) is 3.32. The highest BCUT2D eigenvalue weighted by atomic mass is 16.6. The van der Waals surface area contributed by atoms with Crippen LogP contribution in [0.15, 0.2) is 0 Å². The quantitative estimate of drug-likeness (QED) is 0.664. The second-order valence-corrected chi connectivity index (χ2v) is 5.87. The molecule has 0 aromatic rings. The van der Waals surface area contributed by atoms with Crippen molar-refractivity contribution < 1.29 is 9.47 Å². The van der Waals surface area contributed by atoms with Gasteiger partial charge in [-0.15, -0.1) is 0 Å². The maximum atomic E-state index is 5.75. The summed E-state index contributed by atoms with van der Waals surface area (Å²) in [7, 11) is 0. The summed E-state index contributed by atoms with van der Waals surface area (Å²) in [5, 5.41) is 0. The molecular weight excluding hydrogens is 188 g/mol. The van der Waals surface area contributed by atoms with Gasteiger partial charge in [0.25, 0.3) is 0 Å².